The van der Waals surface area contributed by atoms with Gasteiger partial charge in [0.15, 0.2) is 0 Å². The lowest BCUT2D eigenvalue weighted by Gasteiger charge is -2.34. The molecule has 2 heterocycles. The van der Waals surface area contributed by atoms with Crippen molar-refractivity contribution in [2.24, 2.45) is 5.73 Å². The molecular formula is C16H23BrClN3. The Balaban J connectivity index is 1.53. The van der Waals surface area contributed by atoms with Crippen molar-refractivity contribution in [3.8, 4) is 0 Å². The molecule has 116 valence electrons. The van der Waals surface area contributed by atoms with Crippen LogP contribution in [0, 0.1) is 0 Å². The first-order valence-corrected chi connectivity index (χ1v) is 8.95. The fourth-order valence-electron chi connectivity index (χ4n) is 3.43. The van der Waals surface area contributed by atoms with Crippen molar-refractivity contribution in [3.05, 3.63) is 33.3 Å². The zero-order valence-corrected chi connectivity index (χ0v) is 14.6. The van der Waals surface area contributed by atoms with Gasteiger partial charge in [0, 0.05) is 36.2 Å². The van der Waals surface area contributed by atoms with Gasteiger partial charge in [-0.25, -0.2) is 0 Å². The number of rotatable bonds is 3. The molecule has 0 bridgehead atoms. The second-order valence-corrected chi connectivity index (χ2v) is 7.56. The first-order chi connectivity index (χ1) is 10.1. The highest BCUT2D eigenvalue weighted by Gasteiger charge is 2.29. The molecule has 5 heteroatoms. The summed E-state index contributed by atoms with van der Waals surface area (Å²) in [6.07, 6.45) is 3.59. The van der Waals surface area contributed by atoms with Crippen LogP contribution in [-0.4, -0.2) is 48.1 Å². The minimum Gasteiger partial charge on any atom is -0.328 e. The lowest BCUT2D eigenvalue weighted by molar-refractivity contribution is 0.151. The van der Waals surface area contributed by atoms with E-state index in [1.165, 1.54) is 38.2 Å². The molecule has 21 heavy (non-hydrogen) atoms. The maximum atomic E-state index is 6.06. The summed E-state index contributed by atoms with van der Waals surface area (Å²) in [5.74, 6) is 0. The number of hydrogen-bond donors (Lipinski definition) is 1. The van der Waals surface area contributed by atoms with Crippen molar-refractivity contribution in [3.63, 3.8) is 0 Å². The smallest absolute Gasteiger partial charge is 0.0548 e. The lowest BCUT2D eigenvalue weighted by atomic mass is 10.0. The Morgan fingerprint density at radius 3 is 2.67 bits per heavy atom. The summed E-state index contributed by atoms with van der Waals surface area (Å²) in [6.45, 7) is 5.72. The monoisotopic (exact) mass is 371 g/mol. The molecule has 1 atom stereocenters. The zero-order chi connectivity index (χ0) is 14.8. The lowest BCUT2D eigenvalue weighted by Crippen LogP contribution is -2.46. The summed E-state index contributed by atoms with van der Waals surface area (Å²) in [4.78, 5) is 5.19. The number of nitrogens with zero attached hydrogens (tertiary/aromatic N) is 2. The molecule has 2 aliphatic rings. The third kappa shape index (κ3) is 3.99. The summed E-state index contributed by atoms with van der Waals surface area (Å²) >= 11 is 9.56. The van der Waals surface area contributed by atoms with Crippen LogP contribution in [0.25, 0.3) is 0 Å². The van der Waals surface area contributed by atoms with Gasteiger partial charge in [-0.05, 0) is 66.0 Å². The van der Waals surface area contributed by atoms with Gasteiger partial charge in [0.05, 0.1) is 5.02 Å². The number of hydrogen-bond acceptors (Lipinski definition) is 3. The Kier molecular flexibility index (Phi) is 5.23. The Morgan fingerprint density at radius 1 is 1.19 bits per heavy atom. The Bertz CT molecular complexity index is 488. The van der Waals surface area contributed by atoms with Crippen LogP contribution >= 0.6 is 27.5 Å². The highest BCUT2D eigenvalue weighted by atomic mass is 79.9. The molecule has 2 fully saturated rings. The molecule has 3 nitrogen and oxygen atoms in total. The standard InChI is InChI=1S/C16H23BrClN3/c17-15-9-12(1-2-16(15)18)10-20-6-5-14(11-20)21-7-3-13(19)4-8-21/h1-2,9,13-14H,3-8,10-11,19H2. The first-order valence-electron chi connectivity index (χ1n) is 7.78. The molecule has 2 aliphatic heterocycles. The second kappa shape index (κ2) is 6.97. The number of benzene rings is 1. The summed E-state index contributed by atoms with van der Waals surface area (Å²) in [5, 5.41) is 0.780. The number of piperidine rings is 1. The Morgan fingerprint density at radius 2 is 1.95 bits per heavy atom. The van der Waals surface area contributed by atoms with E-state index in [0.717, 1.165) is 28.9 Å². The third-order valence-corrected chi connectivity index (χ3v) is 5.94. The fraction of sp³-hybridized carbons (Fsp3) is 0.625. The largest absolute Gasteiger partial charge is 0.328 e. The average molecular weight is 373 g/mol. The van der Waals surface area contributed by atoms with E-state index in [2.05, 4.69) is 37.9 Å². The van der Waals surface area contributed by atoms with Crippen LogP contribution in [0.2, 0.25) is 5.02 Å². The number of nitrogens with two attached hydrogens (primary N) is 1. The number of likely N-dealkylation sites (tertiary alicyclic amines) is 2. The quantitative estimate of drug-likeness (QED) is 0.885. The summed E-state index contributed by atoms with van der Waals surface area (Å²) < 4.78 is 0.988. The Labute approximate surface area is 140 Å². The van der Waals surface area contributed by atoms with E-state index >= 15 is 0 Å². The molecule has 1 aromatic rings. The molecule has 2 saturated heterocycles. The average Bonchev–Trinajstić information content (AvgIpc) is 2.92. The first kappa shape index (κ1) is 15.8. The van der Waals surface area contributed by atoms with Crippen molar-refractivity contribution >= 4 is 27.5 Å². The molecule has 2 N–H and O–H groups in total. The molecule has 0 amide bonds. The van der Waals surface area contributed by atoms with Gasteiger partial charge >= 0.3 is 0 Å². The van der Waals surface area contributed by atoms with Crippen molar-refractivity contribution < 1.29 is 0 Å². The second-order valence-electron chi connectivity index (χ2n) is 6.30. The molecule has 0 spiro atoms. The molecule has 1 unspecified atom stereocenters. The summed E-state index contributed by atoms with van der Waals surface area (Å²) in [7, 11) is 0. The normalized spacial score (nSPS) is 25.6. The Hall–Kier alpha value is -0.130. The molecule has 1 aromatic carbocycles. The predicted molar refractivity (Wildman–Crippen MR) is 91.6 cm³/mol. The van der Waals surface area contributed by atoms with E-state index in [1.54, 1.807) is 0 Å². The van der Waals surface area contributed by atoms with E-state index in [9.17, 15) is 0 Å². The van der Waals surface area contributed by atoms with Crippen molar-refractivity contribution in [1.29, 1.82) is 0 Å². The molecule has 0 saturated carbocycles. The summed E-state index contributed by atoms with van der Waals surface area (Å²) in [5.41, 5.74) is 7.33. The summed E-state index contributed by atoms with van der Waals surface area (Å²) in [6, 6.07) is 7.37. The van der Waals surface area contributed by atoms with E-state index < -0.39 is 0 Å². The van der Waals surface area contributed by atoms with Gasteiger partial charge in [0.2, 0.25) is 0 Å². The van der Waals surface area contributed by atoms with Crippen LogP contribution in [0.15, 0.2) is 22.7 Å². The van der Waals surface area contributed by atoms with Crippen LogP contribution in [0.3, 0.4) is 0 Å². The number of halogens is 2. The minimum atomic E-state index is 0.421. The minimum absolute atomic E-state index is 0.421. The fourth-order valence-corrected chi connectivity index (χ4v) is 3.98. The van der Waals surface area contributed by atoms with Crippen molar-refractivity contribution in [2.45, 2.75) is 37.9 Å². The molecule has 0 radical (unpaired) electrons. The van der Waals surface area contributed by atoms with Gasteiger partial charge in [-0.3, -0.25) is 9.80 Å². The zero-order valence-electron chi connectivity index (χ0n) is 12.3. The van der Waals surface area contributed by atoms with Gasteiger partial charge in [-0.1, -0.05) is 17.7 Å². The van der Waals surface area contributed by atoms with Crippen molar-refractivity contribution in [2.75, 3.05) is 26.2 Å². The SMILES string of the molecule is NC1CCN(C2CCN(Cc3ccc(Cl)c(Br)c3)C2)CC1. The maximum absolute atomic E-state index is 6.06. The van der Waals surface area contributed by atoms with Crippen LogP contribution < -0.4 is 5.73 Å². The van der Waals surface area contributed by atoms with Crippen LogP contribution in [0.1, 0.15) is 24.8 Å². The maximum Gasteiger partial charge on any atom is 0.0548 e. The van der Waals surface area contributed by atoms with Gasteiger partial charge < -0.3 is 5.73 Å². The van der Waals surface area contributed by atoms with E-state index in [1.807, 2.05) is 6.07 Å². The molecular weight excluding hydrogens is 350 g/mol. The van der Waals surface area contributed by atoms with E-state index in [4.69, 9.17) is 17.3 Å². The van der Waals surface area contributed by atoms with Gasteiger partial charge in [-0.2, -0.15) is 0 Å². The topological polar surface area (TPSA) is 32.5 Å². The van der Waals surface area contributed by atoms with E-state index in [0.29, 0.717) is 12.1 Å². The van der Waals surface area contributed by atoms with Crippen LogP contribution in [0.5, 0.6) is 0 Å². The molecule has 3 rings (SSSR count). The van der Waals surface area contributed by atoms with Crippen LogP contribution in [0.4, 0.5) is 0 Å². The molecule has 0 aliphatic carbocycles. The highest BCUT2D eigenvalue weighted by molar-refractivity contribution is 9.10. The van der Waals surface area contributed by atoms with Gasteiger partial charge in [0.1, 0.15) is 0 Å². The van der Waals surface area contributed by atoms with Gasteiger partial charge in [-0.15, -0.1) is 0 Å². The predicted octanol–water partition coefficient (Wildman–Crippen LogP) is 3.10. The highest BCUT2D eigenvalue weighted by Crippen LogP contribution is 2.26. The third-order valence-electron chi connectivity index (χ3n) is 4.73. The molecule has 0 aromatic heterocycles. The van der Waals surface area contributed by atoms with Crippen LogP contribution in [-0.2, 0) is 6.54 Å². The van der Waals surface area contributed by atoms with E-state index in [-0.39, 0.29) is 0 Å². The van der Waals surface area contributed by atoms with Crippen molar-refractivity contribution in [1.82, 2.24) is 9.80 Å². The van der Waals surface area contributed by atoms with Gasteiger partial charge in [0.25, 0.3) is 0 Å².